The van der Waals surface area contributed by atoms with Gasteiger partial charge in [0.25, 0.3) is 0 Å². The third-order valence-corrected chi connectivity index (χ3v) is 1.34. The summed E-state index contributed by atoms with van der Waals surface area (Å²) in [5.74, 6) is 0.352. The average Bonchev–Trinajstić information content (AvgIpc) is 1.85. The van der Waals surface area contributed by atoms with Gasteiger partial charge in [-0.3, -0.25) is 4.79 Å². The van der Waals surface area contributed by atoms with Gasteiger partial charge < -0.3 is 17.1 Å². The van der Waals surface area contributed by atoms with E-state index in [1.165, 1.54) is 6.07 Å². The van der Waals surface area contributed by atoms with Gasteiger partial charge in [-0.1, -0.05) is 11.6 Å². The first-order valence-corrected chi connectivity index (χ1v) is 3.40. The number of pyridine rings is 1. The van der Waals surface area contributed by atoms with E-state index < -0.39 is 0 Å². The summed E-state index contributed by atoms with van der Waals surface area (Å²) in [7, 11) is 0. The number of hydrogen-bond donors (Lipinski definition) is 0. The van der Waals surface area contributed by atoms with Crippen LogP contribution >= 0.6 is 11.6 Å². The van der Waals surface area contributed by atoms with E-state index in [2.05, 4.69) is 9.72 Å². The Morgan fingerprint density at radius 2 is 2.25 bits per heavy atom. The summed E-state index contributed by atoms with van der Waals surface area (Å²) in [6.45, 7) is 2.17. The quantitative estimate of drug-likeness (QED) is 0.527. The van der Waals surface area contributed by atoms with Crippen molar-refractivity contribution in [2.45, 2.75) is 6.92 Å². The van der Waals surface area contributed by atoms with Crippen molar-refractivity contribution in [2.75, 3.05) is 0 Å². The molecule has 0 saturated heterocycles. The molecule has 1 aromatic heterocycles. The molecule has 0 aliphatic heterocycles. The number of ether oxygens (including phenoxy) is 1. The van der Waals surface area contributed by atoms with Crippen LogP contribution in [0.1, 0.15) is 5.69 Å². The Hall–Kier alpha value is -0.800. The molecule has 1 rings (SSSR count). The van der Waals surface area contributed by atoms with E-state index in [0.717, 1.165) is 5.69 Å². The molecular formula is C7H7Cl2NO2. The monoisotopic (exact) mass is 207 g/mol. The van der Waals surface area contributed by atoms with Crippen LogP contribution in [-0.2, 0) is 4.79 Å². The number of rotatable bonds is 2. The van der Waals surface area contributed by atoms with Crippen LogP contribution < -0.4 is 22.1 Å². The highest BCUT2D eigenvalue weighted by Gasteiger charge is 2.04. The van der Waals surface area contributed by atoms with Crippen molar-refractivity contribution in [1.29, 1.82) is 0 Å². The van der Waals surface area contributed by atoms with Gasteiger partial charge in [-0.2, -0.15) is 4.98 Å². The van der Waals surface area contributed by atoms with Gasteiger partial charge >= 0.3 is 12.4 Å². The third-order valence-electron chi connectivity index (χ3n) is 1.12. The van der Waals surface area contributed by atoms with Gasteiger partial charge in [0.1, 0.15) is 0 Å². The van der Waals surface area contributed by atoms with Crippen molar-refractivity contribution in [3.05, 3.63) is 22.8 Å². The summed E-state index contributed by atoms with van der Waals surface area (Å²) in [5, 5.41) is 0.540. The molecule has 1 N–H and O–H groups in total. The predicted molar refractivity (Wildman–Crippen MR) is 39.4 cm³/mol. The Kier molecular flexibility index (Phi) is 4.62. The highest BCUT2D eigenvalue weighted by Crippen LogP contribution is 2.12. The zero-order valence-electron chi connectivity index (χ0n) is 6.30. The van der Waals surface area contributed by atoms with Gasteiger partial charge in [-0.25, -0.2) is 0 Å². The molecule has 0 unspecified atom stereocenters. The van der Waals surface area contributed by atoms with Crippen LogP contribution in [0.4, 0.5) is 0 Å². The van der Waals surface area contributed by atoms with Crippen LogP contribution in [0.15, 0.2) is 12.1 Å². The molecule has 5 heteroatoms. The number of carbonyl (C=O) groups excluding carboxylic acids is 1. The number of aryl methyl sites for hydroxylation is 1. The fraction of sp³-hybridized carbons (Fsp3) is 0.143. The molecule has 3 nitrogen and oxygen atoms in total. The lowest BCUT2D eigenvalue weighted by Gasteiger charge is -1.91. The normalized spacial score (nSPS) is 8.50. The minimum absolute atomic E-state index is 0. The summed E-state index contributed by atoms with van der Waals surface area (Å²) in [4.78, 5) is 12.7. The highest BCUT2D eigenvalue weighted by atomic mass is 35.5. The van der Waals surface area contributed by atoms with Crippen molar-refractivity contribution in [3.63, 3.8) is 0 Å². The Balaban J connectivity index is 0.00000121. The standard InChI is InChI=1S/C7H6ClNO2.ClH/c1-5-2-6(8)3-7(9-5)11-4-10;/h2-4H,1H3;1H. The van der Waals surface area contributed by atoms with Crippen LogP contribution in [0.25, 0.3) is 0 Å². The smallest absolute Gasteiger partial charge is 0.375 e. The number of carbonyl (C=O) groups is 1. The van der Waals surface area contributed by atoms with E-state index in [-0.39, 0.29) is 12.4 Å². The lowest BCUT2D eigenvalue weighted by Crippen LogP contribution is -3.00. The molecule has 0 radical (unpaired) electrons. The maximum atomic E-state index is 9.91. The minimum atomic E-state index is 0. The number of H-pyrrole nitrogens is 1. The molecular weight excluding hydrogens is 201 g/mol. The van der Waals surface area contributed by atoms with Gasteiger partial charge in [0.05, 0.1) is 11.1 Å². The van der Waals surface area contributed by atoms with Gasteiger partial charge in [-0.15, -0.1) is 0 Å². The molecule has 0 bridgehead atoms. The Bertz CT molecular complexity index is 258. The molecule has 0 aliphatic carbocycles. The fourth-order valence-electron chi connectivity index (χ4n) is 0.756. The van der Waals surface area contributed by atoms with E-state index >= 15 is 0 Å². The first kappa shape index (κ1) is 11.2. The van der Waals surface area contributed by atoms with Crippen molar-refractivity contribution in [3.8, 4) is 5.88 Å². The Labute approximate surface area is 81.1 Å². The lowest BCUT2D eigenvalue weighted by atomic mass is 10.4. The average molecular weight is 208 g/mol. The van der Waals surface area contributed by atoms with Gasteiger partial charge in [0.2, 0.25) is 0 Å². The van der Waals surface area contributed by atoms with Gasteiger partial charge in [0.15, 0.2) is 5.69 Å². The maximum Gasteiger partial charge on any atom is 0.375 e. The predicted octanol–water partition coefficient (Wildman–Crippen LogP) is -2.00. The first-order valence-electron chi connectivity index (χ1n) is 3.02. The molecule has 0 fully saturated rings. The van der Waals surface area contributed by atoms with E-state index in [1.807, 2.05) is 6.92 Å². The van der Waals surface area contributed by atoms with Crippen LogP contribution in [0.2, 0.25) is 5.02 Å². The van der Waals surface area contributed by atoms with Crippen molar-refractivity contribution >= 4 is 18.1 Å². The fourth-order valence-corrected chi connectivity index (χ4v) is 1.02. The molecule has 0 spiro atoms. The molecule has 1 heterocycles. The largest absolute Gasteiger partial charge is 1.00 e. The number of aromatic amines is 1. The number of aromatic nitrogens is 1. The van der Waals surface area contributed by atoms with Crippen molar-refractivity contribution in [1.82, 2.24) is 0 Å². The number of halogens is 2. The summed E-state index contributed by atoms with van der Waals surface area (Å²) >= 11 is 5.67. The van der Waals surface area contributed by atoms with Crippen LogP contribution in [0.3, 0.4) is 0 Å². The first-order chi connectivity index (χ1) is 5.22. The summed E-state index contributed by atoms with van der Waals surface area (Å²) in [6, 6.07) is 3.27. The van der Waals surface area contributed by atoms with E-state index in [4.69, 9.17) is 11.6 Å². The molecule has 0 aliphatic rings. The van der Waals surface area contributed by atoms with E-state index in [1.54, 1.807) is 6.07 Å². The molecule has 1 aromatic rings. The summed E-state index contributed by atoms with van der Waals surface area (Å²) < 4.78 is 4.55. The Morgan fingerprint density at radius 1 is 1.58 bits per heavy atom. The van der Waals surface area contributed by atoms with E-state index in [9.17, 15) is 4.79 Å². The second kappa shape index (κ2) is 4.95. The topological polar surface area (TPSA) is 40.4 Å². The van der Waals surface area contributed by atoms with Gasteiger partial charge in [0, 0.05) is 13.0 Å². The Morgan fingerprint density at radius 3 is 2.75 bits per heavy atom. The van der Waals surface area contributed by atoms with Crippen LogP contribution in [0, 0.1) is 6.92 Å². The molecule has 0 aromatic carbocycles. The maximum absolute atomic E-state index is 9.91. The number of nitrogens with one attached hydrogen (secondary N) is 1. The third kappa shape index (κ3) is 3.07. The summed E-state index contributed by atoms with van der Waals surface area (Å²) in [5.41, 5.74) is 0.842. The van der Waals surface area contributed by atoms with Crippen LogP contribution in [-0.4, -0.2) is 6.47 Å². The summed E-state index contributed by atoms with van der Waals surface area (Å²) in [6.07, 6.45) is 0. The highest BCUT2D eigenvalue weighted by molar-refractivity contribution is 6.30. The zero-order valence-corrected chi connectivity index (χ0v) is 7.82. The zero-order chi connectivity index (χ0) is 8.27. The second-order valence-corrected chi connectivity index (χ2v) is 2.50. The molecule has 0 amide bonds. The SMILES string of the molecule is Cc1cc(Cl)cc(OC=O)[nH+]1.[Cl-]. The molecule has 66 valence electrons. The molecule has 0 saturated carbocycles. The second-order valence-electron chi connectivity index (χ2n) is 2.06. The minimum Gasteiger partial charge on any atom is -1.00 e. The van der Waals surface area contributed by atoms with Gasteiger partial charge in [-0.05, 0) is 0 Å². The van der Waals surface area contributed by atoms with Crippen molar-refractivity contribution < 1.29 is 26.9 Å². The van der Waals surface area contributed by atoms with Crippen LogP contribution in [0.5, 0.6) is 5.88 Å². The van der Waals surface area contributed by atoms with E-state index in [0.29, 0.717) is 17.4 Å². The van der Waals surface area contributed by atoms with Crippen molar-refractivity contribution in [2.24, 2.45) is 0 Å². The lowest BCUT2D eigenvalue weighted by molar-refractivity contribution is -0.399. The molecule has 0 atom stereocenters. The molecule has 12 heavy (non-hydrogen) atoms. The number of hydrogen-bond acceptors (Lipinski definition) is 2.